The first-order valence-corrected chi connectivity index (χ1v) is 7.70. The van der Waals surface area contributed by atoms with Crippen LogP contribution in [0.5, 0.6) is 0 Å². The monoisotopic (exact) mass is 284 g/mol. The Kier molecular flexibility index (Phi) is 3.59. The second kappa shape index (κ2) is 4.77. The highest BCUT2D eigenvalue weighted by Crippen LogP contribution is 2.26. The van der Waals surface area contributed by atoms with Crippen molar-refractivity contribution in [3.63, 3.8) is 0 Å². The van der Waals surface area contributed by atoms with Gasteiger partial charge >= 0.3 is 0 Å². The molecular formula is C13H20N2O3S. The van der Waals surface area contributed by atoms with E-state index < -0.39 is 15.6 Å². The number of benzene rings is 1. The van der Waals surface area contributed by atoms with Crippen LogP contribution >= 0.6 is 0 Å². The molecule has 1 atom stereocenters. The first kappa shape index (κ1) is 14.3. The van der Waals surface area contributed by atoms with Crippen LogP contribution in [-0.2, 0) is 14.8 Å². The van der Waals surface area contributed by atoms with Gasteiger partial charge in [-0.05, 0) is 50.5 Å². The highest BCUT2D eigenvalue weighted by atomic mass is 32.2. The zero-order valence-corrected chi connectivity index (χ0v) is 12.3. The first-order valence-electron chi connectivity index (χ1n) is 6.22. The van der Waals surface area contributed by atoms with Crippen LogP contribution in [0.3, 0.4) is 0 Å². The lowest BCUT2D eigenvalue weighted by molar-refractivity contribution is 0.178. The highest BCUT2D eigenvalue weighted by molar-refractivity contribution is 7.89. The molecule has 0 spiro atoms. The zero-order valence-electron chi connectivity index (χ0n) is 11.5. The molecule has 0 saturated carbocycles. The van der Waals surface area contributed by atoms with E-state index in [0.717, 1.165) is 5.56 Å². The molecule has 1 fully saturated rings. The molecule has 5 nitrogen and oxygen atoms in total. The molecule has 1 aliphatic rings. The number of sulfonamides is 1. The van der Waals surface area contributed by atoms with Crippen LogP contribution in [0.15, 0.2) is 17.0 Å². The van der Waals surface area contributed by atoms with Gasteiger partial charge in [0.2, 0.25) is 10.0 Å². The fourth-order valence-electron chi connectivity index (χ4n) is 2.26. The Morgan fingerprint density at radius 3 is 2.63 bits per heavy atom. The minimum atomic E-state index is -3.59. The second-order valence-corrected chi connectivity index (χ2v) is 7.10. The molecule has 3 N–H and O–H groups in total. The molecule has 2 rings (SSSR count). The van der Waals surface area contributed by atoms with Crippen LogP contribution < -0.4 is 10.5 Å². The van der Waals surface area contributed by atoms with E-state index >= 15 is 0 Å². The number of nitrogens with two attached hydrogens (primary N) is 1. The van der Waals surface area contributed by atoms with E-state index in [2.05, 4.69) is 4.72 Å². The summed E-state index contributed by atoms with van der Waals surface area (Å²) in [5.41, 5.74) is 7.21. The minimum absolute atomic E-state index is 0.248. The van der Waals surface area contributed by atoms with Gasteiger partial charge in [-0.2, -0.15) is 0 Å². The third-order valence-electron chi connectivity index (χ3n) is 3.43. The average molecular weight is 284 g/mol. The number of aryl methyl sites for hydroxylation is 1. The molecule has 1 saturated heterocycles. The summed E-state index contributed by atoms with van der Waals surface area (Å²) in [7, 11) is -3.59. The van der Waals surface area contributed by atoms with Crippen LogP contribution in [0.1, 0.15) is 24.5 Å². The van der Waals surface area contributed by atoms with Crippen molar-refractivity contribution in [2.75, 3.05) is 18.9 Å². The summed E-state index contributed by atoms with van der Waals surface area (Å²) in [6.45, 7) is 6.37. The molecule has 0 amide bonds. The van der Waals surface area contributed by atoms with Crippen molar-refractivity contribution in [2.45, 2.75) is 37.6 Å². The SMILES string of the molecule is Cc1cc(N)c(C)c(S(=O)(=O)NC2(C)CCOC2)c1. The molecule has 0 radical (unpaired) electrons. The molecule has 19 heavy (non-hydrogen) atoms. The van der Waals surface area contributed by atoms with E-state index in [1.165, 1.54) is 0 Å². The maximum atomic E-state index is 12.5. The lowest BCUT2D eigenvalue weighted by atomic mass is 10.0. The summed E-state index contributed by atoms with van der Waals surface area (Å²) in [6, 6.07) is 3.42. The van der Waals surface area contributed by atoms with Crippen molar-refractivity contribution < 1.29 is 13.2 Å². The average Bonchev–Trinajstić information content (AvgIpc) is 2.68. The summed E-state index contributed by atoms with van der Waals surface area (Å²) >= 11 is 0. The molecule has 1 aromatic carbocycles. The molecule has 106 valence electrons. The van der Waals surface area contributed by atoms with Crippen molar-refractivity contribution in [1.29, 1.82) is 0 Å². The number of ether oxygens (including phenoxy) is 1. The van der Waals surface area contributed by atoms with E-state index in [1.807, 2.05) is 13.8 Å². The van der Waals surface area contributed by atoms with Crippen LogP contribution in [0.4, 0.5) is 5.69 Å². The predicted octanol–water partition coefficient (Wildman–Crippen LogP) is 1.34. The van der Waals surface area contributed by atoms with E-state index in [0.29, 0.717) is 30.9 Å². The van der Waals surface area contributed by atoms with Gasteiger partial charge in [-0.1, -0.05) is 0 Å². The molecule has 6 heteroatoms. The Hall–Kier alpha value is -1.11. The third kappa shape index (κ3) is 2.91. The summed E-state index contributed by atoms with van der Waals surface area (Å²) < 4.78 is 33.0. The quantitative estimate of drug-likeness (QED) is 0.821. The molecular weight excluding hydrogens is 264 g/mol. The van der Waals surface area contributed by atoms with Crippen LogP contribution in [0, 0.1) is 13.8 Å². The van der Waals surface area contributed by atoms with Gasteiger partial charge in [0, 0.05) is 12.3 Å². The van der Waals surface area contributed by atoms with Gasteiger partial charge in [-0.15, -0.1) is 0 Å². The maximum Gasteiger partial charge on any atom is 0.241 e. The summed E-state index contributed by atoms with van der Waals surface area (Å²) in [5.74, 6) is 0. The van der Waals surface area contributed by atoms with Gasteiger partial charge in [0.05, 0.1) is 17.0 Å². The van der Waals surface area contributed by atoms with Crippen molar-refractivity contribution in [3.8, 4) is 0 Å². The molecule has 0 aliphatic carbocycles. The minimum Gasteiger partial charge on any atom is -0.398 e. The van der Waals surface area contributed by atoms with Crippen molar-refractivity contribution in [1.82, 2.24) is 4.72 Å². The molecule has 0 aromatic heterocycles. The number of nitrogen functional groups attached to an aromatic ring is 1. The lowest BCUT2D eigenvalue weighted by Gasteiger charge is -2.24. The predicted molar refractivity (Wildman–Crippen MR) is 74.5 cm³/mol. The van der Waals surface area contributed by atoms with Crippen molar-refractivity contribution >= 4 is 15.7 Å². The van der Waals surface area contributed by atoms with Gasteiger partial charge in [0.15, 0.2) is 0 Å². The zero-order chi connectivity index (χ0) is 14.3. The number of hydrogen-bond donors (Lipinski definition) is 2. The van der Waals surface area contributed by atoms with Crippen LogP contribution in [-0.4, -0.2) is 27.2 Å². The fraction of sp³-hybridized carbons (Fsp3) is 0.538. The van der Waals surface area contributed by atoms with E-state index in [9.17, 15) is 8.42 Å². The van der Waals surface area contributed by atoms with E-state index in [-0.39, 0.29) is 4.90 Å². The smallest absolute Gasteiger partial charge is 0.241 e. The Morgan fingerprint density at radius 1 is 1.37 bits per heavy atom. The van der Waals surface area contributed by atoms with Gasteiger partial charge in [-0.25, -0.2) is 13.1 Å². The number of anilines is 1. The summed E-state index contributed by atoms with van der Waals surface area (Å²) in [5, 5.41) is 0. The standard InChI is InChI=1S/C13H20N2O3S/c1-9-6-11(14)10(2)12(7-9)19(16,17)15-13(3)4-5-18-8-13/h6-7,15H,4-5,8,14H2,1-3H3. The number of nitrogens with one attached hydrogen (secondary N) is 1. The Morgan fingerprint density at radius 2 is 2.05 bits per heavy atom. The molecule has 1 aromatic rings. The van der Waals surface area contributed by atoms with Crippen molar-refractivity contribution in [3.05, 3.63) is 23.3 Å². The highest BCUT2D eigenvalue weighted by Gasteiger charge is 2.35. The first-order chi connectivity index (χ1) is 8.73. The van der Waals surface area contributed by atoms with Gasteiger partial charge in [0.1, 0.15) is 0 Å². The van der Waals surface area contributed by atoms with Crippen LogP contribution in [0.2, 0.25) is 0 Å². The van der Waals surface area contributed by atoms with E-state index in [4.69, 9.17) is 10.5 Å². The van der Waals surface area contributed by atoms with Gasteiger partial charge < -0.3 is 10.5 Å². The Bertz CT molecular complexity index is 590. The third-order valence-corrected chi connectivity index (χ3v) is 5.20. The second-order valence-electron chi connectivity index (χ2n) is 5.45. The Balaban J connectivity index is 2.40. The number of hydrogen-bond acceptors (Lipinski definition) is 4. The van der Waals surface area contributed by atoms with E-state index in [1.54, 1.807) is 19.1 Å². The Labute approximate surface area is 114 Å². The lowest BCUT2D eigenvalue weighted by Crippen LogP contribution is -2.46. The maximum absolute atomic E-state index is 12.5. The molecule has 1 aliphatic heterocycles. The fourth-order valence-corrected chi connectivity index (χ4v) is 4.04. The summed E-state index contributed by atoms with van der Waals surface area (Å²) in [6.07, 6.45) is 0.673. The molecule has 1 unspecified atom stereocenters. The van der Waals surface area contributed by atoms with Crippen molar-refractivity contribution in [2.24, 2.45) is 0 Å². The normalized spacial score (nSPS) is 23.7. The van der Waals surface area contributed by atoms with Gasteiger partial charge in [-0.3, -0.25) is 0 Å². The topological polar surface area (TPSA) is 81.4 Å². The molecule has 0 bridgehead atoms. The van der Waals surface area contributed by atoms with Crippen LogP contribution in [0.25, 0.3) is 0 Å². The molecule has 1 heterocycles. The number of rotatable bonds is 3. The largest absolute Gasteiger partial charge is 0.398 e. The summed E-state index contributed by atoms with van der Waals surface area (Å²) in [4.78, 5) is 0.248. The van der Waals surface area contributed by atoms with Gasteiger partial charge in [0.25, 0.3) is 0 Å².